The Kier molecular flexibility index (Phi) is 4.03. The van der Waals surface area contributed by atoms with Crippen LogP contribution in [0, 0.1) is 0 Å². The summed E-state index contributed by atoms with van der Waals surface area (Å²) in [5.74, 6) is 6.89. The van der Waals surface area contributed by atoms with Gasteiger partial charge in [0.25, 0.3) is 0 Å². The van der Waals surface area contributed by atoms with Gasteiger partial charge in [0.1, 0.15) is 12.2 Å². The zero-order valence-electron chi connectivity index (χ0n) is 12.5. The Morgan fingerprint density at radius 1 is 1.33 bits per heavy atom. The first kappa shape index (κ1) is 14.2. The SMILES string of the molecule is CCCn1ncnc1CC(NN)C1(c2ccccc2)CC1. The van der Waals surface area contributed by atoms with E-state index >= 15 is 0 Å². The van der Waals surface area contributed by atoms with Crippen molar-refractivity contribution in [3.8, 4) is 0 Å². The van der Waals surface area contributed by atoms with E-state index < -0.39 is 0 Å². The number of hydrogen-bond acceptors (Lipinski definition) is 4. The molecule has 1 aromatic carbocycles. The van der Waals surface area contributed by atoms with Gasteiger partial charge in [-0.25, -0.2) is 4.98 Å². The van der Waals surface area contributed by atoms with Crippen molar-refractivity contribution >= 4 is 0 Å². The second kappa shape index (κ2) is 5.95. The van der Waals surface area contributed by atoms with Crippen LogP contribution in [0.1, 0.15) is 37.6 Å². The van der Waals surface area contributed by atoms with Gasteiger partial charge in [0, 0.05) is 24.4 Å². The van der Waals surface area contributed by atoms with Gasteiger partial charge in [-0.1, -0.05) is 37.3 Å². The molecule has 0 bridgehead atoms. The molecule has 1 aliphatic rings. The van der Waals surface area contributed by atoms with Gasteiger partial charge >= 0.3 is 0 Å². The Morgan fingerprint density at radius 2 is 2.10 bits per heavy atom. The predicted molar refractivity (Wildman–Crippen MR) is 82.5 cm³/mol. The van der Waals surface area contributed by atoms with Gasteiger partial charge in [-0.2, -0.15) is 5.10 Å². The number of aryl methyl sites for hydroxylation is 1. The Hall–Kier alpha value is -1.72. The second-order valence-electron chi connectivity index (χ2n) is 5.84. The van der Waals surface area contributed by atoms with Crippen LogP contribution >= 0.6 is 0 Å². The lowest BCUT2D eigenvalue weighted by molar-refractivity contribution is 0.403. The molecule has 0 aliphatic heterocycles. The molecule has 1 aromatic heterocycles. The van der Waals surface area contributed by atoms with Crippen molar-refractivity contribution in [3.63, 3.8) is 0 Å². The maximum absolute atomic E-state index is 5.87. The largest absolute Gasteiger partial charge is 0.271 e. The molecule has 21 heavy (non-hydrogen) atoms. The van der Waals surface area contributed by atoms with Crippen molar-refractivity contribution in [2.75, 3.05) is 0 Å². The molecule has 3 N–H and O–H groups in total. The van der Waals surface area contributed by atoms with Crippen molar-refractivity contribution < 1.29 is 0 Å². The average molecular weight is 285 g/mol. The molecule has 1 aliphatic carbocycles. The van der Waals surface area contributed by atoms with Crippen LogP contribution in [0.3, 0.4) is 0 Å². The molecule has 5 nitrogen and oxygen atoms in total. The number of nitrogens with one attached hydrogen (secondary N) is 1. The highest BCUT2D eigenvalue weighted by Crippen LogP contribution is 2.51. The molecule has 1 atom stereocenters. The monoisotopic (exact) mass is 285 g/mol. The zero-order chi connectivity index (χ0) is 14.7. The number of nitrogens with zero attached hydrogens (tertiary/aromatic N) is 3. The summed E-state index contributed by atoms with van der Waals surface area (Å²) in [6, 6.07) is 10.9. The Morgan fingerprint density at radius 3 is 2.71 bits per heavy atom. The number of hydrogen-bond donors (Lipinski definition) is 2. The van der Waals surface area contributed by atoms with Gasteiger partial charge < -0.3 is 0 Å². The van der Waals surface area contributed by atoms with E-state index in [1.165, 1.54) is 18.4 Å². The molecule has 3 rings (SSSR count). The first-order valence-electron chi connectivity index (χ1n) is 7.68. The van der Waals surface area contributed by atoms with Crippen LogP contribution in [-0.4, -0.2) is 20.8 Å². The lowest BCUT2D eigenvalue weighted by atomic mass is 9.86. The van der Waals surface area contributed by atoms with E-state index in [1.807, 2.05) is 4.68 Å². The van der Waals surface area contributed by atoms with Crippen LogP contribution in [0.5, 0.6) is 0 Å². The van der Waals surface area contributed by atoms with E-state index in [9.17, 15) is 0 Å². The van der Waals surface area contributed by atoms with E-state index in [0.717, 1.165) is 25.2 Å². The fourth-order valence-electron chi connectivity index (χ4n) is 3.18. The number of nitrogens with two attached hydrogens (primary N) is 1. The first-order valence-corrected chi connectivity index (χ1v) is 7.68. The van der Waals surface area contributed by atoms with Crippen molar-refractivity contribution in [3.05, 3.63) is 48.0 Å². The van der Waals surface area contributed by atoms with Crippen molar-refractivity contribution in [2.45, 2.75) is 50.6 Å². The molecule has 5 heteroatoms. The predicted octanol–water partition coefficient (Wildman–Crippen LogP) is 1.79. The fourth-order valence-corrected chi connectivity index (χ4v) is 3.18. The topological polar surface area (TPSA) is 68.8 Å². The molecular weight excluding hydrogens is 262 g/mol. The van der Waals surface area contributed by atoms with Gasteiger partial charge in [-0.05, 0) is 24.8 Å². The molecular formula is C16H23N5. The van der Waals surface area contributed by atoms with Gasteiger partial charge in [0.2, 0.25) is 0 Å². The summed E-state index contributed by atoms with van der Waals surface area (Å²) < 4.78 is 1.99. The maximum atomic E-state index is 5.87. The maximum Gasteiger partial charge on any atom is 0.138 e. The quantitative estimate of drug-likeness (QED) is 0.601. The van der Waals surface area contributed by atoms with Crippen LogP contribution in [0.4, 0.5) is 0 Å². The molecule has 0 saturated heterocycles. The highest BCUT2D eigenvalue weighted by molar-refractivity contribution is 5.34. The Bertz CT molecular complexity index is 573. The summed E-state index contributed by atoms with van der Waals surface area (Å²) >= 11 is 0. The smallest absolute Gasteiger partial charge is 0.138 e. The minimum atomic E-state index is 0.152. The second-order valence-corrected chi connectivity index (χ2v) is 5.84. The third-order valence-electron chi connectivity index (χ3n) is 4.52. The lowest BCUT2D eigenvalue weighted by Gasteiger charge is -2.26. The third kappa shape index (κ3) is 2.71. The molecule has 0 spiro atoms. The van der Waals surface area contributed by atoms with E-state index in [2.05, 4.69) is 52.8 Å². The van der Waals surface area contributed by atoms with Crippen molar-refractivity contribution in [1.29, 1.82) is 0 Å². The van der Waals surface area contributed by atoms with Gasteiger partial charge in [0.15, 0.2) is 0 Å². The minimum absolute atomic E-state index is 0.152. The van der Waals surface area contributed by atoms with Crippen molar-refractivity contribution in [1.82, 2.24) is 20.2 Å². The molecule has 2 aromatic rings. The molecule has 112 valence electrons. The third-order valence-corrected chi connectivity index (χ3v) is 4.52. The van der Waals surface area contributed by atoms with E-state index in [0.29, 0.717) is 0 Å². The Labute approximate surface area is 125 Å². The molecule has 1 heterocycles. The van der Waals surface area contributed by atoms with E-state index in [-0.39, 0.29) is 11.5 Å². The zero-order valence-corrected chi connectivity index (χ0v) is 12.5. The summed E-state index contributed by atoms with van der Waals surface area (Å²) in [5, 5.41) is 4.31. The summed E-state index contributed by atoms with van der Waals surface area (Å²) in [7, 11) is 0. The number of aromatic nitrogens is 3. The average Bonchev–Trinajstić information content (AvgIpc) is 3.22. The lowest BCUT2D eigenvalue weighted by Crippen LogP contribution is -2.46. The Balaban J connectivity index is 1.81. The van der Waals surface area contributed by atoms with Crippen LogP contribution in [0.15, 0.2) is 36.7 Å². The minimum Gasteiger partial charge on any atom is -0.271 e. The van der Waals surface area contributed by atoms with Crippen LogP contribution in [0.25, 0.3) is 0 Å². The molecule has 1 fully saturated rings. The van der Waals surface area contributed by atoms with Crippen LogP contribution < -0.4 is 11.3 Å². The van der Waals surface area contributed by atoms with Crippen LogP contribution in [-0.2, 0) is 18.4 Å². The van der Waals surface area contributed by atoms with Crippen molar-refractivity contribution in [2.24, 2.45) is 5.84 Å². The van der Waals surface area contributed by atoms with Crippen LogP contribution in [0.2, 0.25) is 0 Å². The summed E-state index contributed by atoms with van der Waals surface area (Å²) in [6.07, 6.45) is 5.86. The molecule has 1 unspecified atom stereocenters. The molecule has 1 saturated carbocycles. The molecule has 0 amide bonds. The highest BCUT2D eigenvalue weighted by Gasteiger charge is 2.50. The first-order chi connectivity index (χ1) is 10.3. The normalized spacial score (nSPS) is 17.6. The number of hydrazine groups is 1. The summed E-state index contributed by atoms with van der Waals surface area (Å²) in [5.41, 5.74) is 4.55. The van der Waals surface area contributed by atoms with E-state index in [4.69, 9.17) is 5.84 Å². The summed E-state index contributed by atoms with van der Waals surface area (Å²) in [6.45, 7) is 3.06. The fraction of sp³-hybridized carbons (Fsp3) is 0.500. The number of benzene rings is 1. The molecule has 0 radical (unpaired) electrons. The van der Waals surface area contributed by atoms with Gasteiger partial charge in [-0.15, -0.1) is 0 Å². The number of rotatable bonds is 7. The van der Waals surface area contributed by atoms with Gasteiger partial charge in [0.05, 0.1) is 0 Å². The summed E-state index contributed by atoms with van der Waals surface area (Å²) in [4.78, 5) is 4.41. The highest BCUT2D eigenvalue weighted by atomic mass is 15.3. The van der Waals surface area contributed by atoms with E-state index in [1.54, 1.807) is 6.33 Å². The van der Waals surface area contributed by atoms with Gasteiger partial charge in [-0.3, -0.25) is 16.0 Å². The standard InChI is InChI=1S/C16H23N5/c1-2-10-21-15(18-12-19-21)11-14(20-17)16(8-9-16)13-6-4-3-5-7-13/h3-7,12,14,20H,2,8-11,17H2,1H3.